The van der Waals surface area contributed by atoms with Gasteiger partial charge in [-0.25, -0.2) is 0 Å². The van der Waals surface area contributed by atoms with Crippen LogP contribution in [-0.4, -0.2) is 24.6 Å². The number of nitrogens with one attached hydrogen (secondary N) is 1. The minimum absolute atomic E-state index is 0.122. The number of aromatic nitrogens is 1. The number of anilines is 2. The van der Waals surface area contributed by atoms with Crippen molar-refractivity contribution in [1.82, 2.24) is 4.98 Å². The van der Waals surface area contributed by atoms with Crippen LogP contribution in [0, 0.1) is 6.92 Å². The lowest BCUT2D eigenvalue weighted by molar-refractivity contribution is -0.138. The Morgan fingerprint density at radius 3 is 2.94 bits per heavy atom. The van der Waals surface area contributed by atoms with E-state index in [0.29, 0.717) is 5.69 Å². The van der Waals surface area contributed by atoms with E-state index in [2.05, 4.69) is 15.0 Å². The SMILES string of the molecule is COC(=O)CNc1ccc(N)c2cnc(C)cc12. The van der Waals surface area contributed by atoms with Gasteiger partial charge in [0.25, 0.3) is 0 Å². The summed E-state index contributed by atoms with van der Waals surface area (Å²) in [5.74, 6) is -0.314. The third-order valence-electron chi connectivity index (χ3n) is 2.72. The Kier molecular flexibility index (Phi) is 3.32. The smallest absolute Gasteiger partial charge is 0.325 e. The van der Waals surface area contributed by atoms with Gasteiger partial charge in [-0.2, -0.15) is 0 Å². The highest BCUT2D eigenvalue weighted by Crippen LogP contribution is 2.28. The van der Waals surface area contributed by atoms with Gasteiger partial charge in [-0.05, 0) is 25.1 Å². The molecule has 2 rings (SSSR count). The Labute approximate surface area is 105 Å². The Balaban J connectivity index is 2.41. The monoisotopic (exact) mass is 245 g/mol. The van der Waals surface area contributed by atoms with E-state index in [0.717, 1.165) is 22.2 Å². The van der Waals surface area contributed by atoms with E-state index in [1.54, 1.807) is 12.3 Å². The lowest BCUT2D eigenvalue weighted by Crippen LogP contribution is -2.15. The molecule has 94 valence electrons. The Bertz CT molecular complexity index is 596. The Hall–Kier alpha value is -2.30. The van der Waals surface area contributed by atoms with Crippen molar-refractivity contribution >= 4 is 28.1 Å². The maximum Gasteiger partial charge on any atom is 0.325 e. The molecule has 5 heteroatoms. The minimum Gasteiger partial charge on any atom is -0.468 e. The number of methoxy groups -OCH3 is 1. The molecule has 0 saturated heterocycles. The zero-order valence-corrected chi connectivity index (χ0v) is 10.4. The van der Waals surface area contributed by atoms with E-state index in [4.69, 9.17) is 5.73 Å². The summed E-state index contributed by atoms with van der Waals surface area (Å²) in [6.45, 7) is 2.03. The zero-order valence-electron chi connectivity index (χ0n) is 10.4. The van der Waals surface area contributed by atoms with E-state index >= 15 is 0 Å². The summed E-state index contributed by atoms with van der Waals surface area (Å²) in [7, 11) is 1.36. The highest BCUT2D eigenvalue weighted by atomic mass is 16.5. The van der Waals surface area contributed by atoms with Gasteiger partial charge in [0.15, 0.2) is 0 Å². The van der Waals surface area contributed by atoms with Gasteiger partial charge < -0.3 is 15.8 Å². The van der Waals surface area contributed by atoms with Crippen molar-refractivity contribution in [3.05, 3.63) is 30.1 Å². The van der Waals surface area contributed by atoms with Gasteiger partial charge in [-0.15, -0.1) is 0 Å². The molecule has 18 heavy (non-hydrogen) atoms. The number of rotatable bonds is 3. The average molecular weight is 245 g/mol. The molecule has 0 bridgehead atoms. The minimum atomic E-state index is -0.314. The standard InChI is InChI=1S/C13H15N3O2/c1-8-5-9-10(6-15-8)11(14)3-4-12(9)16-7-13(17)18-2/h3-6,16H,7,14H2,1-2H3. The fourth-order valence-electron chi connectivity index (χ4n) is 1.76. The highest BCUT2D eigenvalue weighted by Gasteiger charge is 2.06. The number of pyridine rings is 1. The number of carbonyl (C=O) groups is 1. The van der Waals surface area contributed by atoms with Gasteiger partial charge in [-0.3, -0.25) is 9.78 Å². The van der Waals surface area contributed by atoms with Crippen LogP contribution in [0.4, 0.5) is 11.4 Å². The van der Waals surface area contributed by atoms with Gasteiger partial charge in [0, 0.05) is 34.0 Å². The molecule has 0 fully saturated rings. The summed E-state index contributed by atoms with van der Waals surface area (Å²) >= 11 is 0. The molecule has 0 amide bonds. The molecule has 0 aliphatic rings. The molecule has 0 saturated carbocycles. The first kappa shape index (κ1) is 12.2. The summed E-state index contributed by atoms with van der Waals surface area (Å²) in [6, 6.07) is 5.57. The fraction of sp³-hybridized carbons (Fsp3) is 0.231. The van der Waals surface area contributed by atoms with Crippen LogP contribution >= 0.6 is 0 Å². The number of hydrogen-bond acceptors (Lipinski definition) is 5. The van der Waals surface area contributed by atoms with Crippen molar-refractivity contribution in [3.8, 4) is 0 Å². The van der Waals surface area contributed by atoms with Crippen molar-refractivity contribution in [2.24, 2.45) is 0 Å². The maximum atomic E-state index is 11.1. The Morgan fingerprint density at radius 1 is 1.44 bits per heavy atom. The van der Waals surface area contributed by atoms with Gasteiger partial charge in [-0.1, -0.05) is 0 Å². The highest BCUT2D eigenvalue weighted by molar-refractivity contribution is 6.01. The van der Waals surface area contributed by atoms with E-state index in [1.807, 2.05) is 19.1 Å². The zero-order chi connectivity index (χ0) is 13.1. The lowest BCUT2D eigenvalue weighted by Gasteiger charge is -2.10. The summed E-state index contributed by atoms with van der Waals surface area (Å²) in [5, 5.41) is 4.86. The fourth-order valence-corrected chi connectivity index (χ4v) is 1.76. The topological polar surface area (TPSA) is 77.2 Å². The maximum absolute atomic E-state index is 11.1. The molecule has 0 atom stereocenters. The Morgan fingerprint density at radius 2 is 2.22 bits per heavy atom. The van der Waals surface area contributed by atoms with Gasteiger partial charge >= 0.3 is 5.97 Å². The second-order valence-corrected chi connectivity index (χ2v) is 4.00. The molecule has 0 spiro atoms. The van der Waals surface area contributed by atoms with E-state index in [9.17, 15) is 4.79 Å². The van der Waals surface area contributed by atoms with Crippen LogP contribution in [0.25, 0.3) is 10.8 Å². The predicted molar refractivity (Wildman–Crippen MR) is 71.4 cm³/mol. The number of nitrogen functional groups attached to an aromatic ring is 1. The van der Waals surface area contributed by atoms with Crippen molar-refractivity contribution in [2.45, 2.75) is 6.92 Å². The second-order valence-electron chi connectivity index (χ2n) is 4.00. The van der Waals surface area contributed by atoms with E-state index in [1.165, 1.54) is 7.11 Å². The van der Waals surface area contributed by atoms with Crippen LogP contribution in [0.15, 0.2) is 24.4 Å². The third-order valence-corrected chi connectivity index (χ3v) is 2.72. The van der Waals surface area contributed by atoms with Crippen LogP contribution in [-0.2, 0) is 9.53 Å². The predicted octanol–water partition coefficient (Wildman–Crippen LogP) is 1.71. The van der Waals surface area contributed by atoms with Crippen LogP contribution in [0.3, 0.4) is 0 Å². The van der Waals surface area contributed by atoms with E-state index < -0.39 is 0 Å². The van der Waals surface area contributed by atoms with Gasteiger partial charge in [0.1, 0.15) is 6.54 Å². The summed E-state index contributed by atoms with van der Waals surface area (Å²) in [5.41, 5.74) is 8.31. The van der Waals surface area contributed by atoms with Gasteiger partial charge in [0.05, 0.1) is 7.11 Å². The van der Waals surface area contributed by atoms with Crippen molar-refractivity contribution < 1.29 is 9.53 Å². The molecule has 2 aromatic rings. The number of ether oxygens (including phenoxy) is 1. The number of nitrogens with zero attached hydrogens (tertiary/aromatic N) is 1. The third kappa shape index (κ3) is 2.34. The summed E-state index contributed by atoms with van der Waals surface area (Å²) in [4.78, 5) is 15.4. The lowest BCUT2D eigenvalue weighted by atomic mass is 10.1. The van der Waals surface area contributed by atoms with Crippen LogP contribution < -0.4 is 11.1 Å². The molecule has 1 aromatic heterocycles. The second kappa shape index (κ2) is 4.91. The number of benzene rings is 1. The molecule has 3 N–H and O–H groups in total. The van der Waals surface area contributed by atoms with E-state index in [-0.39, 0.29) is 12.5 Å². The van der Waals surface area contributed by atoms with Crippen LogP contribution in [0.5, 0.6) is 0 Å². The molecule has 0 radical (unpaired) electrons. The number of esters is 1. The quantitative estimate of drug-likeness (QED) is 0.636. The number of nitrogens with two attached hydrogens (primary N) is 1. The van der Waals surface area contributed by atoms with Crippen LogP contribution in [0.2, 0.25) is 0 Å². The van der Waals surface area contributed by atoms with Crippen molar-refractivity contribution in [2.75, 3.05) is 24.7 Å². The molecule has 0 unspecified atom stereocenters. The molecule has 1 heterocycles. The first-order valence-electron chi connectivity index (χ1n) is 5.57. The molecular weight excluding hydrogens is 230 g/mol. The average Bonchev–Trinajstić information content (AvgIpc) is 2.37. The van der Waals surface area contributed by atoms with Crippen LogP contribution in [0.1, 0.15) is 5.69 Å². The first-order chi connectivity index (χ1) is 8.61. The number of hydrogen-bond donors (Lipinski definition) is 2. The summed E-state index contributed by atoms with van der Waals surface area (Å²) in [6.07, 6.45) is 1.74. The molecule has 5 nitrogen and oxygen atoms in total. The number of carbonyl (C=O) groups excluding carboxylic acids is 1. The number of fused-ring (bicyclic) bond motifs is 1. The normalized spacial score (nSPS) is 10.3. The molecule has 0 aliphatic carbocycles. The first-order valence-corrected chi connectivity index (χ1v) is 5.57. The molecule has 0 aliphatic heterocycles. The number of aryl methyl sites for hydroxylation is 1. The van der Waals surface area contributed by atoms with Crippen molar-refractivity contribution in [3.63, 3.8) is 0 Å². The molecular formula is C13H15N3O2. The van der Waals surface area contributed by atoms with Crippen molar-refractivity contribution in [1.29, 1.82) is 0 Å². The largest absolute Gasteiger partial charge is 0.468 e. The summed E-state index contributed by atoms with van der Waals surface area (Å²) < 4.78 is 4.59. The molecule has 1 aromatic carbocycles. The van der Waals surface area contributed by atoms with Gasteiger partial charge in [0.2, 0.25) is 0 Å².